The van der Waals surface area contributed by atoms with Crippen molar-refractivity contribution >= 4 is 33.1 Å². The topological polar surface area (TPSA) is 104 Å². The molecule has 10 heteroatoms. The number of ether oxygens (including phenoxy) is 1. The van der Waals surface area contributed by atoms with Crippen molar-refractivity contribution in [1.29, 1.82) is 0 Å². The molecule has 43 heavy (non-hydrogen) atoms. The van der Waals surface area contributed by atoms with E-state index in [0.717, 1.165) is 59.2 Å². The first-order valence-electron chi connectivity index (χ1n) is 15.4. The van der Waals surface area contributed by atoms with Crippen molar-refractivity contribution < 1.29 is 23.1 Å². The molecule has 1 amide bonds. The molecule has 6 rings (SSSR count). The first kappa shape index (κ1) is 29.9. The molecule has 4 bridgehead atoms. The van der Waals surface area contributed by atoms with Gasteiger partial charge >= 0.3 is 0 Å². The number of nitrogens with one attached hydrogen (secondary N) is 1. The molecular weight excluding hydrogens is 564 g/mol. The van der Waals surface area contributed by atoms with Crippen LogP contribution in [-0.4, -0.2) is 67.5 Å². The number of aliphatic hydroxyl groups is 1. The largest absolute Gasteiger partial charge is 0.497 e. The molecule has 1 atom stereocenters. The lowest BCUT2D eigenvalue weighted by Crippen LogP contribution is -2.40. The number of carbonyl (C=O) groups is 1. The highest BCUT2D eigenvalue weighted by Crippen LogP contribution is 2.47. The van der Waals surface area contributed by atoms with E-state index >= 15 is 0 Å². The van der Waals surface area contributed by atoms with Crippen molar-refractivity contribution in [3.05, 3.63) is 58.7 Å². The number of likely N-dealkylation sites (N-methyl/N-ethyl adjacent to an activating group) is 1. The van der Waals surface area contributed by atoms with Gasteiger partial charge in [-0.15, -0.1) is 0 Å². The lowest BCUT2D eigenvalue weighted by molar-refractivity contribution is -0.126. The Hall–Kier alpha value is -3.18. The van der Waals surface area contributed by atoms with Crippen molar-refractivity contribution in [3.8, 4) is 17.0 Å². The maximum absolute atomic E-state index is 14.0. The second kappa shape index (κ2) is 12.1. The van der Waals surface area contributed by atoms with Crippen molar-refractivity contribution in [2.75, 3.05) is 34.3 Å². The van der Waals surface area contributed by atoms with Gasteiger partial charge in [-0.1, -0.05) is 37.8 Å². The Morgan fingerprint density at radius 2 is 1.70 bits per heavy atom. The van der Waals surface area contributed by atoms with Crippen LogP contribution in [0.1, 0.15) is 80.2 Å². The summed E-state index contributed by atoms with van der Waals surface area (Å²) in [5, 5.41) is 12.2. The number of methoxy groups -OCH3 is 1. The summed E-state index contributed by atoms with van der Waals surface area (Å²) in [5.41, 5.74) is 6.37. The van der Waals surface area contributed by atoms with E-state index in [1.165, 1.54) is 36.2 Å². The van der Waals surface area contributed by atoms with Gasteiger partial charge in [-0.05, 0) is 78.6 Å². The van der Waals surface area contributed by atoms with Crippen molar-refractivity contribution in [3.63, 3.8) is 0 Å². The highest BCUT2D eigenvalue weighted by atomic mass is 32.2. The molecule has 1 fully saturated rings. The van der Waals surface area contributed by atoms with E-state index in [2.05, 4.69) is 15.4 Å². The standard InChI is InChI=1S/C33H42N4O5S/c1-35-16-8-5-9-17-36(2)43(40,41)34-32(38)23-12-14-28-29(20-23)37-21-25(33(35)39)18-24-19-26(42-3)13-15-27(24)31(37)30(28)22-10-6-4-7-11-22/h12-15,18-20,22,32,34,38H,4-11,16-17,21H2,1-3H3. The molecule has 9 nitrogen and oxygen atoms in total. The predicted octanol–water partition coefficient (Wildman–Crippen LogP) is 5.16. The van der Waals surface area contributed by atoms with E-state index in [1.807, 2.05) is 43.5 Å². The van der Waals surface area contributed by atoms with E-state index < -0.39 is 16.4 Å². The summed E-state index contributed by atoms with van der Waals surface area (Å²) in [5.74, 6) is 1.07. The fraction of sp³-hybridized carbons (Fsp3) is 0.485. The molecule has 1 unspecified atom stereocenters. The van der Waals surface area contributed by atoms with Gasteiger partial charge in [0.1, 0.15) is 12.0 Å². The molecule has 0 saturated heterocycles. The third-order valence-electron chi connectivity index (χ3n) is 9.39. The summed E-state index contributed by atoms with van der Waals surface area (Å²) in [6, 6.07) is 11.8. The fourth-order valence-corrected chi connectivity index (χ4v) is 7.95. The maximum Gasteiger partial charge on any atom is 0.281 e. The van der Waals surface area contributed by atoms with E-state index in [9.17, 15) is 18.3 Å². The number of amides is 1. The van der Waals surface area contributed by atoms with Crippen LogP contribution in [0.2, 0.25) is 0 Å². The second-order valence-corrected chi connectivity index (χ2v) is 14.0. The molecule has 3 heterocycles. The Morgan fingerprint density at radius 1 is 0.953 bits per heavy atom. The van der Waals surface area contributed by atoms with Gasteiger partial charge < -0.3 is 19.3 Å². The summed E-state index contributed by atoms with van der Waals surface area (Å²) in [7, 11) is 1.11. The highest BCUT2D eigenvalue weighted by molar-refractivity contribution is 7.87. The Labute approximate surface area is 254 Å². The summed E-state index contributed by atoms with van der Waals surface area (Å²) < 4.78 is 37.6. The fourth-order valence-electron chi connectivity index (χ4n) is 6.98. The molecule has 3 aliphatic rings. The van der Waals surface area contributed by atoms with Crippen LogP contribution in [-0.2, 0) is 21.5 Å². The Balaban J connectivity index is 1.60. The average Bonchev–Trinajstić information content (AvgIpc) is 3.22. The van der Waals surface area contributed by atoms with Gasteiger partial charge in [0, 0.05) is 49.2 Å². The number of aromatic nitrogens is 1. The molecule has 1 aliphatic carbocycles. The number of rotatable bonds is 2. The molecule has 1 saturated carbocycles. The van der Waals surface area contributed by atoms with Gasteiger partial charge in [0.15, 0.2) is 0 Å². The van der Waals surface area contributed by atoms with E-state index in [-0.39, 0.29) is 5.91 Å². The predicted molar refractivity (Wildman–Crippen MR) is 169 cm³/mol. The third kappa shape index (κ3) is 5.73. The van der Waals surface area contributed by atoms with Crippen molar-refractivity contribution in [2.45, 2.75) is 70.1 Å². The van der Waals surface area contributed by atoms with Crippen LogP contribution in [0, 0.1) is 0 Å². The molecule has 2 N–H and O–H groups in total. The van der Waals surface area contributed by atoms with Crippen LogP contribution in [0.25, 0.3) is 28.2 Å². The third-order valence-corrected chi connectivity index (χ3v) is 10.9. The Morgan fingerprint density at radius 3 is 2.47 bits per heavy atom. The number of benzene rings is 2. The first-order valence-corrected chi connectivity index (χ1v) is 16.8. The van der Waals surface area contributed by atoms with Crippen molar-refractivity contribution in [1.82, 2.24) is 18.5 Å². The summed E-state index contributed by atoms with van der Waals surface area (Å²) in [6.07, 6.45) is 8.54. The van der Waals surface area contributed by atoms with E-state index in [1.54, 1.807) is 12.0 Å². The number of aliphatic hydroxyl groups excluding tert-OH is 1. The molecule has 1 aromatic heterocycles. The zero-order valence-corrected chi connectivity index (χ0v) is 26.1. The van der Waals surface area contributed by atoms with Gasteiger partial charge in [-0.3, -0.25) is 4.79 Å². The molecule has 2 aliphatic heterocycles. The minimum Gasteiger partial charge on any atom is -0.497 e. The van der Waals surface area contributed by atoms with Gasteiger partial charge in [0.25, 0.3) is 16.1 Å². The summed E-state index contributed by atoms with van der Waals surface area (Å²) in [4.78, 5) is 15.8. The van der Waals surface area contributed by atoms with E-state index in [4.69, 9.17) is 4.74 Å². The lowest BCUT2D eigenvalue weighted by Gasteiger charge is -2.24. The Kier molecular flexibility index (Phi) is 8.39. The zero-order valence-electron chi connectivity index (χ0n) is 25.3. The van der Waals surface area contributed by atoms with Crippen LogP contribution < -0.4 is 9.46 Å². The molecular formula is C33H42N4O5S. The van der Waals surface area contributed by atoms with Crippen LogP contribution >= 0.6 is 0 Å². The summed E-state index contributed by atoms with van der Waals surface area (Å²) >= 11 is 0. The van der Waals surface area contributed by atoms with E-state index in [0.29, 0.717) is 43.1 Å². The molecule has 2 aromatic carbocycles. The molecule has 3 aromatic rings. The maximum atomic E-state index is 14.0. The smallest absolute Gasteiger partial charge is 0.281 e. The van der Waals surface area contributed by atoms with Gasteiger partial charge in [0.05, 0.1) is 19.3 Å². The summed E-state index contributed by atoms with van der Waals surface area (Å²) in [6.45, 7) is 1.26. The number of nitrogens with zero attached hydrogens (tertiary/aromatic N) is 3. The lowest BCUT2D eigenvalue weighted by atomic mass is 9.81. The zero-order chi connectivity index (χ0) is 30.3. The molecule has 230 valence electrons. The highest BCUT2D eigenvalue weighted by Gasteiger charge is 2.31. The number of hydrogen-bond acceptors (Lipinski definition) is 5. The molecule has 0 radical (unpaired) electrons. The second-order valence-electron chi connectivity index (χ2n) is 12.2. The molecule has 0 spiro atoms. The van der Waals surface area contributed by atoms with Crippen LogP contribution in [0.3, 0.4) is 0 Å². The van der Waals surface area contributed by atoms with Crippen LogP contribution in [0.4, 0.5) is 0 Å². The SMILES string of the molecule is COc1ccc2c(c1)C=C1Cn3c-2c(C2CCCCC2)c2ccc(cc23)C(O)NS(=O)(=O)N(C)CCCCCN(C)C1=O. The van der Waals surface area contributed by atoms with Crippen LogP contribution in [0.15, 0.2) is 42.0 Å². The quantitative estimate of drug-likeness (QED) is 0.420. The number of fused-ring (bicyclic) bond motifs is 4. The first-order chi connectivity index (χ1) is 20.7. The minimum atomic E-state index is -3.91. The number of carbonyl (C=O) groups excluding carboxylic acids is 1. The van der Waals surface area contributed by atoms with Gasteiger partial charge in [0.2, 0.25) is 0 Å². The minimum absolute atomic E-state index is 0.0236. The Bertz CT molecular complexity index is 1670. The van der Waals surface area contributed by atoms with Crippen molar-refractivity contribution in [2.24, 2.45) is 0 Å². The van der Waals surface area contributed by atoms with Gasteiger partial charge in [-0.25, -0.2) is 0 Å². The normalized spacial score (nSPS) is 22.3. The monoisotopic (exact) mass is 606 g/mol. The van der Waals surface area contributed by atoms with Gasteiger partial charge in [-0.2, -0.15) is 17.4 Å². The van der Waals surface area contributed by atoms with Crippen LogP contribution in [0.5, 0.6) is 5.75 Å². The number of hydrogen-bond donors (Lipinski definition) is 2. The average molecular weight is 607 g/mol.